The van der Waals surface area contributed by atoms with E-state index in [-0.39, 0.29) is 0 Å². The van der Waals surface area contributed by atoms with Crippen molar-refractivity contribution in [3.8, 4) is 0 Å². The molecular weight excluding hydrogens is 206 g/mol. The van der Waals surface area contributed by atoms with Crippen LogP contribution in [0.1, 0.15) is 37.2 Å². The van der Waals surface area contributed by atoms with Crippen LogP contribution in [0.3, 0.4) is 0 Å². The molecule has 0 saturated heterocycles. The third-order valence-corrected chi connectivity index (χ3v) is 4.96. The van der Waals surface area contributed by atoms with Crippen LogP contribution in [0, 0.1) is 11.8 Å². The van der Waals surface area contributed by atoms with Crippen LogP contribution >= 0.6 is 0 Å². The average Bonchev–Trinajstić information content (AvgIpc) is 2.40. The molecule has 1 aromatic rings. The van der Waals surface area contributed by atoms with Crippen molar-refractivity contribution in [3.05, 3.63) is 35.9 Å². The van der Waals surface area contributed by atoms with Gasteiger partial charge in [-0.25, -0.2) is 0 Å². The van der Waals surface area contributed by atoms with Crippen LogP contribution in [-0.4, -0.2) is 25.0 Å². The molecule has 0 spiro atoms. The molecular formula is C16H23N. The molecule has 92 valence electrons. The van der Waals surface area contributed by atoms with Crippen molar-refractivity contribution in [2.45, 2.75) is 37.6 Å². The fourth-order valence-corrected chi connectivity index (χ4v) is 4.31. The van der Waals surface area contributed by atoms with Gasteiger partial charge in [0.2, 0.25) is 0 Å². The lowest BCUT2D eigenvalue weighted by Gasteiger charge is -2.51. The van der Waals surface area contributed by atoms with E-state index in [1.54, 1.807) is 5.56 Å². The Hall–Kier alpha value is -0.820. The van der Waals surface area contributed by atoms with Crippen LogP contribution in [0.5, 0.6) is 0 Å². The highest BCUT2D eigenvalue weighted by Gasteiger charge is 2.44. The fourth-order valence-electron chi connectivity index (χ4n) is 4.31. The highest BCUT2D eigenvalue weighted by atomic mass is 15.1. The van der Waals surface area contributed by atoms with Gasteiger partial charge in [-0.15, -0.1) is 0 Å². The SMILES string of the molecule is CN(C)C1C2CCC(CC2)C1c1ccccc1. The summed E-state index contributed by atoms with van der Waals surface area (Å²) < 4.78 is 0. The number of likely N-dealkylation sites (N-methyl/N-ethyl adjacent to an activating group) is 1. The Kier molecular flexibility index (Phi) is 2.96. The second kappa shape index (κ2) is 4.45. The lowest BCUT2D eigenvalue weighted by Crippen LogP contribution is -2.49. The molecule has 0 N–H and O–H groups in total. The number of hydrogen-bond donors (Lipinski definition) is 0. The number of rotatable bonds is 2. The van der Waals surface area contributed by atoms with E-state index in [1.807, 2.05) is 0 Å². The van der Waals surface area contributed by atoms with E-state index in [0.717, 1.165) is 23.8 Å². The van der Waals surface area contributed by atoms with Gasteiger partial charge in [0.25, 0.3) is 0 Å². The van der Waals surface area contributed by atoms with Crippen LogP contribution in [0.15, 0.2) is 30.3 Å². The number of nitrogens with zero attached hydrogens (tertiary/aromatic N) is 1. The first-order chi connectivity index (χ1) is 8.27. The van der Waals surface area contributed by atoms with Crippen LogP contribution in [-0.2, 0) is 0 Å². The van der Waals surface area contributed by atoms with E-state index in [1.165, 1.54) is 25.7 Å². The summed E-state index contributed by atoms with van der Waals surface area (Å²) in [5, 5.41) is 0. The summed E-state index contributed by atoms with van der Waals surface area (Å²) in [4.78, 5) is 2.48. The standard InChI is InChI=1S/C16H23N/c1-17(2)16-14-10-8-13(9-11-14)15(16)12-6-4-3-5-7-12/h3-7,13-16H,8-11H2,1-2H3. The topological polar surface area (TPSA) is 3.24 Å². The van der Waals surface area contributed by atoms with E-state index in [0.29, 0.717) is 0 Å². The maximum Gasteiger partial charge on any atom is 0.0189 e. The Labute approximate surface area is 105 Å². The summed E-state index contributed by atoms with van der Waals surface area (Å²) in [7, 11) is 4.53. The zero-order valence-electron chi connectivity index (χ0n) is 11.0. The molecule has 3 aliphatic rings. The Morgan fingerprint density at radius 1 is 0.882 bits per heavy atom. The van der Waals surface area contributed by atoms with Crippen molar-refractivity contribution >= 4 is 0 Å². The lowest BCUT2D eigenvalue weighted by atomic mass is 9.59. The molecule has 2 unspecified atom stereocenters. The van der Waals surface area contributed by atoms with Crippen molar-refractivity contribution in [2.24, 2.45) is 11.8 Å². The van der Waals surface area contributed by atoms with Gasteiger partial charge in [-0.1, -0.05) is 30.3 Å². The first-order valence-electron chi connectivity index (χ1n) is 6.98. The smallest absolute Gasteiger partial charge is 0.0189 e. The van der Waals surface area contributed by atoms with Crippen LogP contribution in [0.25, 0.3) is 0 Å². The molecule has 1 nitrogen and oxygen atoms in total. The molecule has 0 aromatic heterocycles. The number of benzene rings is 1. The number of hydrogen-bond acceptors (Lipinski definition) is 1. The summed E-state index contributed by atoms with van der Waals surface area (Å²) in [5.41, 5.74) is 1.57. The molecule has 17 heavy (non-hydrogen) atoms. The Balaban J connectivity index is 1.95. The van der Waals surface area contributed by atoms with Crippen molar-refractivity contribution in [1.82, 2.24) is 4.90 Å². The molecule has 2 atom stereocenters. The second-order valence-electron chi connectivity index (χ2n) is 6.07. The van der Waals surface area contributed by atoms with Gasteiger partial charge in [-0.05, 0) is 57.2 Å². The van der Waals surface area contributed by atoms with Gasteiger partial charge in [0.15, 0.2) is 0 Å². The Morgan fingerprint density at radius 2 is 1.47 bits per heavy atom. The molecule has 0 heterocycles. The normalized spacial score (nSPS) is 36.4. The molecule has 1 aromatic carbocycles. The summed E-state index contributed by atoms with van der Waals surface area (Å²) in [6, 6.07) is 12.0. The predicted octanol–water partition coefficient (Wildman–Crippen LogP) is 3.52. The van der Waals surface area contributed by atoms with Gasteiger partial charge in [0.05, 0.1) is 0 Å². The molecule has 2 bridgehead atoms. The largest absolute Gasteiger partial charge is 0.306 e. The number of fused-ring (bicyclic) bond motifs is 3. The fraction of sp³-hybridized carbons (Fsp3) is 0.625. The van der Waals surface area contributed by atoms with Gasteiger partial charge < -0.3 is 4.90 Å². The summed E-state index contributed by atoms with van der Waals surface area (Å²) in [5.74, 6) is 2.63. The molecule has 4 rings (SSSR count). The van der Waals surface area contributed by atoms with Crippen LogP contribution < -0.4 is 0 Å². The van der Waals surface area contributed by atoms with Gasteiger partial charge in [0, 0.05) is 12.0 Å². The minimum absolute atomic E-state index is 0.768. The average molecular weight is 229 g/mol. The van der Waals surface area contributed by atoms with Crippen LogP contribution in [0.4, 0.5) is 0 Å². The summed E-state index contributed by atoms with van der Waals surface area (Å²) >= 11 is 0. The van der Waals surface area contributed by atoms with E-state index in [4.69, 9.17) is 0 Å². The van der Waals surface area contributed by atoms with E-state index < -0.39 is 0 Å². The van der Waals surface area contributed by atoms with E-state index in [9.17, 15) is 0 Å². The zero-order valence-corrected chi connectivity index (χ0v) is 11.0. The Bertz CT molecular complexity index is 362. The molecule has 3 fully saturated rings. The molecule has 3 aliphatic carbocycles. The quantitative estimate of drug-likeness (QED) is 0.750. The van der Waals surface area contributed by atoms with Gasteiger partial charge >= 0.3 is 0 Å². The Morgan fingerprint density at radius 3 is 2.06 bits per heavy atom. The summed E-state index contributed by atoms with van der Waals surface area (Å²) in [6.45, 7) is 0. The maximum absolute atomic E-state index is 2.48. The molecule has 0 radical (unpaired) electrons. The first kappa shape index (κ1) is 11.3. The van der Waals surface area contributed by atoms with Crippen molar-refractivity contribution in [2.75, 3.05) is 14.1 Å². The van der Waals surface area contributed by atoms with Crippen molar-refractivity contribution < 1.29 is 0 Å². The molecule has 0 aliphatic heterocycles. The zero-order chi connectivity index (χ0) is 11.8. The van der Waals surface area contributed by atoms with E-state index >= 15 is 0 Å². The minimum Gasteiger partial charge on any atom is -0.306 e. The van der Waals surface area contributed by atoms with Crippen molar-refractivity contribution in [1.29, 1.82) is 0 Å². The van der Waals surface area contributed by atoms with Crippen LogP contribution in [0.2, 0.25) is 0 Å². The predicted molar refractivity (Wildman–Crippen MR) is 72.1 cm³/mol. The third-order valence-electron chi connectivity index (χ3n) is 4.96. The molecule has 3 saturated carbocycles. The van der Waals surface area contributed by atoms with Gasteiger partial charge in [-0.3, -0.25) is 0 Å². The van der Waals surface area contributed by atoms with Crippen molar-refractivity contribution in [3.63, 3.8) is 0 Å². The van der Waals surface area contributed by atoms with Gasteiger partial charge in [0.1, 0.15) is 0 Å². The second-order valence-corrected chi connectivity index (χ2v) is 6.07. The highest BCUT2D eigenvalue weighted by molar-refractivity contribution is 5.24. The van der Waals surface area contributed by atoms with E-state index in [2.05, 4.69) is 49.3 Å². The minimum atomic E-state index is 0.768. The maximum atomic E-state index is 2.48. The monoisotopic (exact) mass is 229 g/mol. The third kappa shape index (κ3) is 1.91. The lowest BCUT2D eigenvalue weighted by molar-refractivity contribution is 0.0370. The first-order valence-corrected chi connectivity index (χ1v) is 6.98. The molecule has 1 heteroatoms. The highest BCUT2D eigenvalue weighted by Crippen LogP contribution is 2.51. The molecule has 0 amide bonds. The van der Waals surface area contributed by atoms with Gasteiger partial charge in [-0.2, -0.15) is 0 Å². The summed E-state index contributed by atoms with van der Waals surface area (Å²) in [6.07, 6.45) is 5.82.